The Morgan fingerprint density at radius 2 is 1.57 bits per heavy atom. The molecule has 0 aliphatic heterocycles. The van der Waals surface area contributed by atoms with Gasteiger partial charge in [0.1, 0.15) is 6.10 Å². The number of fused-ring (bicyclic) bond motifs is 5. The van der Waals surface area contributed by atoms with Crippen LogP contribution >= 0.6 is 0 Å². The molecule has 4 aliphatic rings. The van der Waals surface area contributed by atoms with Crippen LogP contribution in [0, 0.1) is 52.3 Å². The van der Waals surface area contributed by atoms with Crippen molar-refractivity contribution in [2.45, 2.75) is 131 Å². The van der Waals surface area contributed by atoms with Gasteiger partial charge in [-0.2, -0.15) is 0 Å². The van der Waals surface area contributed by atoms with E-state index in [-0.39, 0.29) is 40.9 Å². The average molecular weight is 667 g/mol. The average Bonchev–Trinajstić information content (AvgIpc) is 3.41. The Bertz CT molecular complexity index is 990. The Kier molecular flexibility index (Phi) is 14.4. The van der Waals surface area contributed by atoms with E-state index >= 15 is 0 Å². The van der Waals surface area contributed by atoms with Gasteiger partial charge in [0, 0.05) is 13.5 Å². The van der Waals surface area contributed by atoms with Gasteiger partial charge in [0.05, 0.1) is 51.7 Å². The Hall–Kier alpha value is -1.26. The van der Waals surface area contributed by atoms with Crippen molar-refractivity contribution in [2.75, 3.05) is 46.8 Å². The highest BCUT2D eigenvalue weighted by atomic mass is 16.7. The molecule has 4 fully saturated rings. The topological polar surface area (TPSA) is 110 Å². The van der Waals surface area contributed by atoms with Crippen LogP contribution < -0.4 is 0 Å². The lowest BCUT2D eigenvalue weighted by Gasteiger charge is -2.62. The molecule has 0 aromatic heterocycles. The number of aliphatic hydroxyl groups is 1. The summed E-state index contributed by atoms with van der Waals surface area (Å²) < 4.78 is 32.9. The number of ether oxygens (including phenoxy) is 6. The maximum atomic E-state index is 12.7. The maximum Gasteiger partial charge on any atom is 0.308 e. The summed E-state index contributed by atoms with van der Waals surface area (Å²) in [4.78, 5) is 25.2. The number of esters is 2. The number of aliphatic hydroxyl groups excluding tert-OH is 1. The van der Waals surface area contributed by atoms with E-state index in [2.05, 4.69) is 20.8 Å². The lowest BCUT2D eigenvalue weighted by atomic mass is 9.43. The zero-order valence-electron chi connectivity index (χ0n) is 30.5. The first-order chi connectivity index (χ1) is 22.4. The fourth-order valence-corrected chi connectivity index (χ4v) is 10.3. The molecule has 9 nitrogen and oxygen atoms in total. The Balaban J connectivity index is 1.22. The van der Waals surface area contributed by atoms with Gasteiger partial charge in [-0.1, -0.05) is 34.6 Å². The van der Waals surface area contributed by atoms with Crippen LogP contribution in [-0.4, -0.2) is 82.3 Å². The largest absolute Gasteiger partial charge is 0.462 e. The van der Waals surface area contributed by atoms with Gasteiger partial charge in [0.15, 0.2) is 6.29 Å². The second kappa shape index (κ2) is 17.6. The van der Waals surface area contributed by atoms with Crippen molar-refractivity contribution in [3.05, 3.63) is 0 Å². The van der Waals surface area contributed by atoms with Crippen LogP contribution in [0.5, 0.6) is 0 Å². The molecular formula is C38H66O9. The van der Waals surface area contributed by atoms with Crippen molar-refractivity contribution in [3.63, 3.8) is 0 Å². The minimum absolute atomic E-state index is 0.0372. The molecule has 9 heteroatoms. The Labute approximate surface area is 284 Å². The number of methoxy groups -OCH3 is 1. The van der Waals surface area contributed by atoms with Crippen LogP contribution in [0.4, 0.5) is 0 Å². The second-order valence-electron chi connectivity index (χ2n) is 15.8. The van der Waals surface area contributed by atoms with Gasteiger partial charge in [-0.15, -0.1) is 0 Å². The van der Waals surface area contributed by atoms with E-state index in [4.69, 9.17) is 28.4 Å². The van der Waals surface area contributed by atoms with Gasteiger partial charge in [0.25, 0.3) is 0 Å². The first-order valence-corrected chi connectivity index (χ1v) is 18.8. The third-order valence-electron chi connectivity index (χ3n) is 13.3. The fourth-order valence-electron chi connectivity index (χ4n) is 10.3. The second-order valence-corrected chi connectivity index (χ2v) is 15.8. The molecule has 4 saturated carbocycles. The van der Waals surface area contributed by atoms with Crippen molar-refractivity contribution in [3.8, 4) is 0 Å². The van der Waals surface area contributed by atoms with Gasteiger partial charge < -0.3 is 33.5 Å². The minimum atomic E-state index is -0.622. The van der Waals surface area contributed by atoms with Gasteiger partial charge in [-0.05, 0) is 117 Å². The molecule has 4 rings (SSSR count). The molecule has 4 aliphatic carbocycles. The highest BCUT2D eigenvalue weighted by Gasteiger charge is 2.63. The van der Waals surface area contributed by atoms with E-state index in [1.807, 2.05) is 13.8 Å². The van der Waals surface area contributed by atoms with Crippen molar-refractivity contribution in [1.82, 2.24) is 0 Å². The molecule has 0 amide bonds. The SMILES string of the molecule is CCC(C)C(=O)OC1CCC2(C)C(CCC3C2CC(O)C2(C)C(C(C)CCC(=O)OC(C)OCCOCCOCCOC)CCC32)C1. The molecule has 1 N–H and O–H groups in total. The van der Waals surface area contributed by atoms with Crippen molar-refractivity contribution in [2.24, 2.45) is 52.3 Å². The summed E-state index contributed by atoms with van der Waals surface area (Å²) in [5.41, 5.74) is 0.0727. The van der Waals surface area contributed by atoms with Crippen LogP contribution in [0.1, 0.15) is 112 Å². The third-order valence-corrected chi connectivity index (χ3v) is 13.3. The van der Waals surface area contributed by atoms with Crippen LogP contribution in [0.2, 0.25) is 0 Å². The first kappa shape index (κ1) is 38.5. The molecule has 0 spiro atoms. The number of hydrogen-bond acceptors (Lipinski definition) is 9. The minimum Gasteiger partial charge on any atom is -0.462 e. The van der Waals surface area contributed by atoms with Crippen LogP contribution in [0.15, 0.2) is 0 Å². The monoisotopic (exact) mass is 666 g/mol. The van der Waals surface area contributed by atoms with Crippen LogP contribution in [-0.2, 0) is 38.0 Å². The van der Waals surface area contributed by atoms with Crippen LogP contribution in [0.25, 0.3) is 0 Å². The van der Waals surface area contributed by atoms with Crippen molar-refractivity contribution < 1.29 is 43.1 Å². The van der Waals surface area contributed by atoms with E-state index in [0.717, 1.165) is 51.4 Å². The Morgan fingerprint density at radius 3 is 2.28 bits per heavy atom. The fraction of sp³-hybridized carbons (Fsp3) is 0.947. The number of hydrogen-bond donors (Lipinski definition) is 1. The molecule has 12 atom stereocenters. The van der Waals surface area contributed by atoms with Crippen molar-refractivity contribution in [1.29, 1.82) is 0 Å². The summed E-state index contributed by atoms with van der Waals surface area (Å²) in [6.45, 7) is 15.7. The molecule has 0 aromatic carbocycles. The summed E-state index contributed by atoms with van der Waals surface area (Å²) in [5.74, 6) is 2.61. The zero-order valence-corrected chi connectivity index (χ0v) is 30.5. The lowest BCUT2D eigenvalue weighted by Crippen LogP contribution is -2.59. The maximum absolute atomic E-state index is 12.7. The normalized spacial score (nSPS) is 36.8. The van der Waals surface area contributed by atoms with E-state index in [9.17, 15) is 14.7 Å². The lowest BCUT2D eigenvalue weighted by molar-refractivity contribution is -0.183. The summed E-state index contributed by atoms with van der Waals surface area (Å²) in [7, 11) is 1.64. The van der Waals surface area contributed by atoms with E-state index in [1.54, 1.807) is 14.0 Å². The summed E-state index contributed by atoms with van der Waals surface area (Å²) in [6, 6.07) is 0. The van der Waals surface area contributed by atoms with Crippen molar-refractivity contribution >= 4 is 11.9 Å². The molecular weight excluding hydrogens is 600 g/mol. The summed E-state index contributed by atoms with van der Waals surface area (Å²) >= 11 is 0. The standard InChI is InChI=1S/C38H66O9/c1-8-25(2)36(41)47-29-15-16-37(5)28(23-29)10-11-30-32-13-12-31(38(32,6)34(39)24-33(30)37)26(3)9-14-35(40)46-27(4)45-22-21-44-20-19-43-18-17-42-7/h25-34,39H,8-24H2,1-7H3. The highest BCUT2D eigenvalue weighted by molar-refractivity contribution is 5.72. The smallest absolute Gasteiger partial charge is 0.308 e. The molecule has 0 radical (unpaired) electrons. The predicted molar refractivity (Wildman–Crippen MR) is 179 cm³/mol. The first-order valence-electron chi connectivity index (χ1n) is 18.8. The van der Waals surface area contributed by atoms with E-state index < -0.39 is 6.29 Å². The zero-order chi connectivity index (χ0) is 34.2. The molecule has 0 aromatic rings. The van der Waals surface area contributed by atoms with Gasteiger partial charge in [0.2, 0.25) is 0 Å². The van der Waals surface area contributed by atoms with Crippen LogP contribution in [0.3, 0.4) is 0 Å². The summed E-state index contributed by atoms with van der Waals surface area (Å²) in [6.07, 6.45) is 9.54. The molecule has 12 unspecified atom stereocenters. The quantitative estimate of drug-likeness (QED) is 0.0986. The number of carbonyl (C=O) groups excluding carboxylic acids is 2. The molecule has 272 valence electrons. The molecule has 0 saturated heterocycles. The third kappa shape index (κ3) is 9.11. The molecule has 0 heterocycles. The van der Waals surface area contributed by atoms with E-state index in [1.165, 1.54) is 12.8 Å². The highest BCUT2D eigenvalue weighted by Crippen LogP contribution is 2.68. The van der Waals surface area contributed by atoms with Gasteiger partial charge in [-0.25, -0.2) is 0 Å². The predicted octanol–water partition coefficient (Wildman–Crippen LogP) is 6.58. The molecule has 0 bridgehead atoms. The Morgan fingerprint density at radius 1 is 0.872 bits per heavy atom. The number of rotatable bonds is 18. The molecule has 47 heavy (non-hydrogen) atoms. The summed E-state index contributed by atoms with van der Waals surface area (Å²) in [5, 5.41) is 11.9. The van der Waals surface area contributed by atoms with Gasteiger partial charge >= 0.3 is 11.9 Å². The van der Waals surface area contributed by atoms with Gasteiger partial charge in [-0.3, -0.25) is 9.59 Å². The van der Waals surface area contributed by atoms with E-state index in [0.29, 0.717) is 81.6 Å². The number of carbonyl (C=O) groups is 2.